The van der Waals surface area contributed by atoms with Crippen LogP contribution in [0.15, 0.2) is 59.8 Å². The molecule has 2 aromatic carbocycles. The number of para-hydroxylation sites is 1. The maximum absolute atomic E-state index is 12.8. The van der Waals surface area contributed by atoms with Crippen molar-refractivity contribution in [2.75, 3.05) is 7.11 Å². The molecule has 7 heteroatoms. The van der Waals surface area contributed by atoms with Crippen molar-refractivity contribution in [3.05, 3.63) is 71.7 Å². The highest BCUT2D eigenvalue weighted by Gasteiger charge is 2.23. The number of benzene rings is 2. The van der Waals surface area contributed by atoms with E-state index in [9.17, 15) is 4.79 Å². The fourth-order valence-electron chi connectivity index (χ4n) is 3.11. The summed E-state index contributed by atoms with van der Waals surface area (Å²) in [6, 6.07) is 17.7. The van der Waals surface area contributed by atoms with Gasteiger partial charge in [-0.15, -0.1) is 5.10 Å². The molecule has 140 valence electrons. The van der Waals surface area contributed by atoms with E-state index < -0.39 is 5.97 Å². The highest BCUT2D eigenvalue weighted by atomic mass is 32.2. The largest absolute Gasteiger partial charge is 0.465 e. The van der Waals surface area contributed by atoms with Crippen molar-refractivity contribution in [2.45, 2.75) is 17.8 Å². The van der Waals surface area contributed by atoms with Gasteiger partial charge in [-0.3, -0.25) is 10.1 Å². The third-order valence-corrected chi connectivity index (χ3v) is 5.19. The molecule has 0 amide bonds. The Bertz CT molecular complexity index is 1140. The van der Waals surface area contributed by atoms with Gasteiger partial charge in [-0.05, 0) is 18.6 Å². The fourth-order valence-corrected chi connectivity index (χ4v) is 3.90. The number of esters is 1. The predicted octanol–water partition coefficient (Wildman–Crippen LogP) is 4.41. The Balaban J connectivity index is 1.91. The summed E-state index contributed by atoms with van der Waals surface area (Å²) >= 11 is 1.43. The van der Waals surface area contributed by atoms with Gasteiger partial charge in [0.2, 0.25) is 5.16 Å². The Hall–Kier alpha value is -3.19. The molecule has 2 heterocycles. The molecule has 0 saturated heterocycles. The number of thioether (sulfide) groups is 1. The lowest BCUT2D eigenvalue weighted by molar-refractivity contribution is 0.0600. The van der Waals surface area contributed by atoms with Gasteiger partial charge in [0.05, 0.1) is 23.9 Å². The Labute approximate surface area is 166 Å². The van der Waals surface area contributed by atoms with Crippen molar-refractivity contribution in [2.24, 2.45) is 0 Å². The number of methoxy groups -OCH3 is 1. The van der Waals surface area contributed by atoms with Gasteiger partial charge < -0.3 is 4.74 Å². The molecule has 0 unspecified atom stereocenters. The van der Waals surface area contributed by atoms with Crippen molar-refractivity contribution < 1.29 is 9.53 Å². The quantitative estimate of drug-likeness (QED) is 0.402. The molecule has 2 aromatic heterocycles. The minimum absolute atomic E-state index is 0.404. The number of rotatable bonds is 5. The van der Waals surface area contributed by atoms with E-state index >= 15 is 0 Å². The van der Waals surface area contributed by atoms with Gasteiger partial charge in [0.15, 0.2) is 0 Å². The molecular formula is C21H18N4O2S. The van der Waals surface area contributed by atoms with E-state index in [1.54, 1.807) is 0 Å². The van der Waals surface area contributed by atoms with Crippen LogP contribution >= 0.6 is 11.8 Å². The molecule has 0 aliphatic carbocycles. The Morgan fingerprint density at radius 1 is 1.07 bits per heavy atom. The summed E-state index contributed by atoms with van der Waals surface area (Å²) in [7, 11) is 1.39. The fraction of sp³-hybridized carbons (Fsp3) is 0.143. The number of nitrogens with one attached hydrogen (secondary N) is 1. The van der Waals surface area contributed by atoms with Crippen LogP contribution in [0.25, 0.3) is 22.0 Å². The summed E-state index contributed by atoms with van der Waals surface area (Å²) in [6.45, 7) is 1.85. The average Bonchev–Trinajstić information content (AvgIpc) is 3.16. The molecular weight excluding hydrogens is 372 g/mol. The number of H-pyrrole nitrogens is 1. The van der Waals surface area contributed by atoms with Crippen LogP contribution in [0.1, 0.15) is 21.9 Å². The molecule has 0 saturated carbocycles. The maximum Gasteiger partial charge on any atom is 0.340 e. The minimum atomic E-state index is -0.404. The summed E-state index contributed by atoms with van der Waals surface area (Å²) in [5.41, 5.74) is 3.74. The smallest absolute Gasteiger partial charge is 0.340 e. The van der Waals surface area contributed by atoms with Crippen LogP contribution in [0.4, 0.5) is 0 Å². The Kier molecular flexibility index (Phi) is 5.08. The standard InChI is InChI=1S/C21H18N4O2S/c1-13-22-21(25-24-13)28-12-17-19(20(26)27-2)18(14-8-4-3-5-9-14)15-10-6-7-11-16(15)23-17/h3-11H,12H2,1-2H3,(H,22,24,25). The van der Waals surface area contributed by atoms with Crippen molar-refractivity contribution >= 4 is 28.6 Å². The van der Waals surface area contributed by atoms with E-state index in [4.69, 9.17) is 9.72 Å². The van der Waals surface area contributed by atoms with Crippen molar-refractivity contribution in [3.63, 3.8) is 0 Å². The van der Waals surface area contributed by atoms with E-state index in [0.29, 0.717) is 22.2 Å². The minimum Gasteiger partial charge on any atom is -0.465 e. The predicted molar refractivity (Wildman–Crippen MR) is 109 cm³/mol. The maximum atomic E-state index is 12.8. The topological polar surface area (TPSA) is 80.8 Å². The van der Waals surface area contributed by atoms with Crippen molar-refractivity contribution in [1.82, 2.24) is 20.2 Å². The monoisotopic (exact) mass is 390 g/mol. The van der Waals surface area contributed by atoms with Crippen molar-refractivity contribution in [1.29, 1.82) is 0 Å². The van der Waals surface area contributed by atoms with Crippen LogP contribution in [0.3, 0.4) is 0 Å². The van der Waals surface area contributed by atoms with Crippen LogP contribution in [-0.2, 0) is 10.5 Å². The number of ether oxygens (including phenoxy) is 1. The molecule has 0 aliphatic heterocycles. The van der Waals surface area contributed by atoms with Crippen LogP contribution < -0.4 is 0 Å². The number of carbonyl (C=O) groups is 1. The van der Waals surface area contributed by atoms with Crippen molar-refractivity contribution in [3.8, 4) is 11.1 Å². The van der Waals surface area contributed by atoms with Crippen LogP contribution in [-0.4, -0.2) is 33.2 Å². The van der Waals surface area contributed by atoms with E-state index in [0.717, 1.165) is 27.9 Å². The second-order valence-corrected chi connectivity index (χ2v) is 7.12. The first-order valence-corrected chi connectivity index (χ1v) is 9.73. The molecule has 1 N–H and O–H groups in total. The summed E-state index contributed by atoms with van der Waals surface area (Å²) in [6.07, 6.45) is 0. The van der Waals surface area contributed by atoms with E-state index in [1.165, 1.54) is 18.9 Å². The number of nitrogens with zero attached hydrogens (tertiary/aromatic N) is 3. The Morgan fingerprint density at radius 2 is 1.82 bits per heavy atom. The van der Waals surface area contributed by atoms with Gasteiger partial charge >= 0.3 is 5.97 Å². The third kappa shape index (κ3) is 3.48. The molecule has 28 heavy (non-hydrogen) atoms. The van der Waals surface area contributed by atoms with Gasteiger partial charge in [0.1, 0.15) is 5.82 Å². The normalized spacial score (nSPS) is 10.9. The number of aryl methyl sites for hydroxylation is 1. The first kappa shape index (κ1) is 18.2. The lowest BCUT2D eigenvalue weighted by atomic mass is 9.94. The molecule has 6 nitrogen and oxygen atoms in total. The summed E-state index contributed by atoms with van der Waals surface area (Å²) < 4.78 is 5.12. The number of hydrogen-bond donors (Lipinski definition) is 1. The third-order valence-electron chi connectivity index (χ3n) is 4.33. The molecule has 0 aliphatic rings. The number of hydrogen-bond acceptors (Lipinski definition) is 6. The average molecular weight is 390 g/mol. The first-order valence-electron chi connectivity index (χ1n) is 8.74. The molecule has 0 bridgehead atoms. The van der Waals surface area contributed by atoms with E-state index in [1.807, 2.05) is 61.5 Å². The molecule has 4 aromatic rings. The lowest BCUT2D eigenvalue weighted by Gasteiger charge is -2.15. The highest BCUT2D eigenvalue weighted by Crippen LogP contribution is 2.35. The first-order chi connectivity index (χ1) is 13.7. The van der Waals surface area contributed by atoms with Gasteiger partial charge in [0, 0.05) is 16.7 Å². The van der Waals surface area contributed by atoms with Crippen LogP contribution in [0, 0.1) is 6.92 Å². The van der Waals surface area contributed by atoms with Crippen LogP contribution in [0.5, 0.6) is 0 Å². The lowest BCUT2D eigenvalue weighted by Crippen LogP contribution is -2.10. The molecule has 0 spiro atoms. The summed E-state index contributed by atoms with van der Waals surface area (Å²) in [5, 5.41) is 8.51. The summed E-state index contributed by atoms with van der Waals surface area (Å²) in [5.74, 6) is 0.790. The number of aromatic nitrogens is 4. The molecule has 0 radical (unpaired) electrons. The van der Waals surface area contributed by atoms with Gasteiger partial charge in [-0.2, -0.15) is 0 Å². The Morgan fingerprint density at radius 3 is 2.54 bits per heavy atom. The molecule has 0 fully saturated rings. The zero-order valence-corrected chi connectivity index (χ0v) is 16.3. The van der Waals surface area contributed by atoms with Gasteiger partial charge in [0.25, 0.3) is 0 Å². The number of aromatic amines is 1. The van der Waals surface area contributed by atoms with E-state index in [2.05, 4.69) is 15.2 Å². The molecule has 4 rings (SSSR count). The summed E-state index contributed by atoms with van der Waals surface area (Å²) in [4.78, 5) is 21.9. The zero-order chi connectivity index (χ0) is 19.5. The number of pyridine rings is 1. The van der Waals surface area contributed by atoms with E-state index in [-0.39, 0.29) is 0 Å². The van der Waals surface area contributed by atoms with Crippen LogP contribution in [0.2, 0.25) is 0 Å². The van der Waals surface area contributed by atoms with Gasteiger partial charge in [-0.25, -0.2) is 9.78 Å². The number of fused-ring (bicyclic) bond motifs is 1. The highest BCUT2D eigenvalue weighted by molar-refractivity contribution is 7.98. The molecule has 0 atom stereocenters. The second-order valence-electron chi connectivity index (χ2n) is 6.18. The SMILES string of the molecule is COC(=O)c1c(CSc2n[nH]c(C)n2)nc2ccccc2c1-c1ccccc1. The van der Waals surface area contributed by atoms with Gasteiger partial charge in [-0.1, -0.05) is 60.3 Å². The zero-order valence-electron chi connectivity index (χ0n) is 15.5. The second kappa shape index (κ2) is 7.82. The number of carbonyl (C=O) groups excluding carboxylic acids is 1.